The van der Waals surface area contributed by atoms with Gasteiger partial charge < -0.3 is 11.1 Å². The molecule has 0 bridgehead atoms. The van der Waals surface area contributed by atoms with Crippen molar-refractivity contribution in [2.75, 3.05) is 18.1 Å². The van der Waals surface area contributed by atoms with Crippen molar-refractivity contribution in [2.24, 2.45) is 5.73 Å². The lowest BCUT2D eigenvalue weighted by atomic mass is 10.1. The molecule has 0 heterocycles. The molecular weight excluding hydrogens is 356 g/mol. The van der Waals surface area contributed by atoms with Crippen LogP contribution in [0.2, 0.25) is 5.02 Å². The van der Waals surface area contributed by atoms with Crippen molar-refractivity contribution < 1.29 is 0 Å². The van der Waals surface area contributed by atoms with Gasteiger partial charge in [0.1, 0.15) is 0 Å². The third-order valence-corrected chi connectivity index (χ3v) is 4.99. The molecular formula is C15H16BrClN2S. The second kappa shape index (κ2) is 7.36. The van der Waals surface area contributed by atoms with E-state index < -0.39 is 0 Å². The Bertz CT molecular complexity index is 575. The smallest absolute Gasteiger partial charge is 0.0636 e. The van der Waals surface area contributed by atoms with Crippen LogP contribution in [0, 0.1) is 0 Å². The van der Waals surface area contributed by atoms with Gasteiger partial charge >= 0.3 is 0 Å². The summed E-state index contributed by atoms with van der Waals surface area (Å²) in [5, 5.41) is 4.10. The highest BCUT2D eigenvalue weighted by molar-refractivity contribution is 9.10. The fourth-order valence-electron chi connectivity index (χ4n) is 1.90. The highest BCUT2D eigenvalue weighted by Gasteiger charge is 2.10. The standard InChI is InChI=1S/C15H16BrClN2S/c1-20-12-5-2-10(3-6-12)15(9-18)19-11-4-7-13(16)14(17)8-11/h2-8,15,19H,9,18H2,1H3. The number of hydrogen-bond acceptors (Lipinski definition) is 3. The third kappa shape index (κ3) is 3.92. The summed E-state index contributed by atoms with van der Waals surface area (Å²) < 4.78 is 0.887. The van der Waals surface area contributed by atoms with Crippen LogP contribution in [0.15, 0.2) is 51.8 Å². The second-order valence-electron chi connectivity index (χ2n) is 4.33. The van der Waals surface area contributed by atoms with E-state index in [1.807, 2.05) is 18.2 Å². The fraction of sp³-hybridized carbons (Fsp3) is 0.200. The number of nitrogens with one attached hydrogen (secondary N) is 1. The zero-order valence-corrected chi connectivity index (χ0v) is 14.2. The zero-order valence-electron chi connectivity index (χ0n) is 11.1. The summed E-state index contributed by atoms with van der Waals surface area (Å²) in [4.78, 5) is 1.25. The highest BCUT2D eigenvalue weighted by atomic mass is 79.9. The van der Waals surface area contributed by atoms with E-state index in [-0.39, 0.29) is 6.04 Å². The van der Waals surface area contributed by atoms with Crippen molar-refractivity contribution in [3.8, 4) is 0 Å². The number of benzene rings is 2. The van der Waals surface area contributed by atoms with Gasteiger partial charge in [0.05, 0.1) is 11.1 Å². The molecule has 0 radical (unpaired) electrons. The Morgan fingerprint density at radius 1 is 1.25 bits per heavy atom. The number of rotatable bonds is 5. The van der Waals surface area contributed by atoms with E-state index >= 15 is 0 Å². The number of thioether (sulfide) groups is 1. The van der Waals surface area contributed by atoms with Crippen LogP contribution in [-0.4, -0.2) is 12.8 Å². The van der Waals surface area contributed by atoms with Gasteiger partial charge in [-0.15, -0.1) is 11.8 Å². The molecule has 20 heavy (non-hydrogen) atoms. The van der Waals surface area contributed by atoms with Crippen LogP contribution in [-0.2, 0) is 0 Å². The van der Waals surface area contributed by atoms with Crippen LogP contribution in [0.3, 0.4) is 0 Å². The number of anilines is 1. The Morgan fingerprint density at radius 3 is 2.50 bits per heavy atom. The molecule has 0 amide bonds. The number of nitrogens with two attached hydrogens (primary N) is 1. The first kappa shape index (κ1) is 15.7. The molecule has 1 atom stereocenters. The van der Waals surface area contributed by atoms with Gasteiger partial charge in [0, 0.05) is 21.6 Å². The molecule has 0 aromatic heterocycles. The van der Waals surface area contributed by atoms with Crippen LogP contribution in [0.25, 0.3) is 0 Å². The summed E-state index contributed by atoms with van der Waals surface area (Å²) in [6.45, 7) is 0.520. The summed E-state index contributed by atoms with van der Waals surface area (Å²) in [6, 6.07) is 14.3. The lowest BCUT2D eigenvalue weighted by Gasteiger charge is -2.19. The molecule has 2 aromatic carbocycles. The van der Waals surface area contributed by atoms with Gasteiger partial charge in [-0.25, -0.2) is 0 Å². The lowest BCUT2D eigenvalue weighted by molar-refractivity contribution is 0.789. The molecule has 3 N–H and O–H groups in total. The predicted molar refractivity (Wildman–Crippen MR) is 92.8 cm³/mol. The molecule has 2 rings (SSSR count). The Morgan fingerprint density at radius 2 is 1.95 bits per heavy atom. The van der Waals surface area contributed by atoms with E-state index in [1.54, 1.807) is 11.8 Å². The molecule has 0 aliphatic heterocycles. The fourth-order valence-corrected chi connectivity index (χ4v) is 2.74. The van der Waals surface area contributed by atoms with Crippen LogP contribution < -0.4 is 11.1 Å². The highest BCUT2D eigenvalue weighted by Crippen LogP contribution is 2.28. The summed E-state index contributed by atoms with van der Waals surface area (Å²) in [5.74, 6) is 0. The lowest BCUT2D eigenvalue weighted by Crippen LogP contribution is -2.20. The van der Waals surface area contributed by atoms with E-state index in [4.69, 9.17) is 17.3 Å². The van der Waals surface area contributed by atoms with Crippen LogP contribution in [0.1, 0.15) is 11.6 Å². The minimum absolute atomic E-state index is 0.0724. The minimum Gasteiger partial charge on any atom is -0.377 e. The van der Waals surface area contributed by atoms with Crippen molar-refractivity contribution in [1.29, 1.82) is 0 Å². The molecule has 5 heteroatoms. The van der Waals surface area contributed by atoms with Crippen molar-refractivity contribution in [3.05, 3.63) is 57.5 Å². The normalized spacial score (nSPS) is 12.2. The van der Waals surface area contributed by atoms with Crippen molar-refractivity contribution in [2.45, 2.75) is 10.9 Å². The third-order valence-electron chi connectivity index (χ3n) is 3.01. The molecule has 0 saturated carbocycles. The number of halogens is 2. The average molecular weight is 372 g/mol. The van der Waals surface area contributed by atoms with Crippen molar-refractivity contribution in [3.63, 3.8) is 0 Å². The van der Waals surface area contributed by atoms with Gasteiger partial charge in [-0.3, -0.25) is 0 Å². The largest absolute Gasteiger partial charge is 0.377 e. The maximum atomic E-state index is 6.11. The first-order valence-corrected chi connectivity index (χ1v) is 8.59. The molecule has 0 aliphatic carbocycles. The summed E-state index contributed by atoms with van der Waals surface area (Å²) >= 11 is 11.2. The first-order chi connectivity index (χ1) is 9.63. The quantitative estimate of drug-likeness (QED) is 0.731. The molecule has 0 aliphatic rings. The summed E-state index contributed by atoms with van der Waals surface area (Å²) in [6.07, 6.45) is 2.07. The summed E-state index contributed by atoms with van der Waals surface area (Å²) in [7, 11) is 0. The SMILES string of the molecule is CSc1ccc(C(CN)Nc2ccc(Br)c(Cl)c2)cc1. The van der Waals surface area contributed by atoms with Crippen molar-refractivity contribution >= 4 is 45.0 Å². The van der Waals surface area contributed by atoms with Gasteiger partial charge in [-0.1, -0.05) is 23.7 Å². The van der Waals surface area contributed by atoms with Gasteiger partial charge in [-0.2, -0.15) is 0 Å². The molecule has 106 valence electrons. The maximum absolute atomic E-state index is 6.11. The van der Waals surface area contributed by atoms with Gasteiger partial charge in [0.2, 0.25) is 0 Å². The second-order valence-corrected chi connectivity index (χ2v) is 6.48. The average Bonchev–Trinajstić information content (AvgIpc) is 2.48. The molecule has 2 aromatic rings. The Balaban J connectivity index is 2.16. The Kier molecular flexibility index (Phi) is 5.78. The van der Waals surface area contributed by atoms with Gasteiger partial charge in [0.15, 0.2) is 0 Å². The van der Waals surface area contributed by atoms with Crippen LogP contribution in [0.4, 0.5) is 5.69 Å². The topological polar surface area (TPSA) is 38.0 Å². The molecule has 2 nitrogen and oxygen atoms in total. The molecule has 0 spiro atoms. The van der Waals surface area contributed by atoms with Gasteiger partial charge in [-0.05, 0) is 58.1 Å². The van der Waals surface area contributed by atoms with Crippen LogP contribution >= 0.6 is 39.3 Å². The predicted octanol–water partition coefficient (Wildman–Crippen LogP) is 4.94. The van der Waals surface area contributed by atoms with E-state index in [0.29, 0.717) is 11.6 Å². The summed E-state index contributed by atoms with van der Waals surface area (Å²) in [5.41, 5.74) is 8.01. The zero-order chi connectivity index (χ0) is 14.5. The van der Waals surface area contributed by atoms with E-state index in [0.717, 1.165) is 10.2 Å². The minimum atomic E-state index is 0.0724. The maximum Gasteiger partial charge on any atom is 0.0636 e. The molecule has 0 fully saturated rings. The first-order valence-electron chi connectivity index (χ1n) is 6.19. The number of hydrogen-bond donors (Lipinski definition) is 2. The monoisotopic (exact) mass is 370 g/mol. The Hall–Kier alpha value is -0.680. The molecule has 0 saturated heterocycles. The van der Waals surface area contributed by atoms with E-state index in [2.05, 4.69) is 51.8 Å². The van der Waals surface area contributed by atoms with E-state index in [9.17, 15) is 0 Å². The van der Waals surface area contributed by atoms with E-state index in [1.165, 1.54) is 10.5 Å². The van der Waals surface area contributed by atoms with Crippen molar-refractivity contribution in [1.82, 2.24) is 0 Å². The van der Waals surface area contributed by atoms with Gasteiger partial charge in [0.25, 0.3) is 0 Å². The Labute approximate surface area is 137 Å². The molecule has 1 unspecified atom stereocenters. The van der Waals surface area contributed by atoms with Crippen LogP contribution in [0.5, 0.6) is 0 Å².